The highest BCUT2D eigenvalue weighted by Crippen LogP contribution is 2.13. The first kappa shape index (κ1) is 12.9. The lowest BCUT2D eigenvalue weighted by Gasteiger charge is -2.17. The second-order valence-corrected chi connectivity index (χ2v) is 4.24. The maximum atomic E-state index is 5.83. The van der Waals surface area contributed by atoms with Crippen molar-refractivity contribution in [1.29, 1.82) is 0 Å². The maximum Gasteiger partial charge on any atom is 0.0784 e. The second-order valence-electron chi connectivity index (χ2n) is 4.24. The molecule has 1 atom stereocenters. The number of ether oxygens (including phenoxy) is 1. The molecule has 1 aromatic heterocycles. The van der Waals surface area contributed by atoms with E-state index in [1.807, 2.05) is 26.1 Å². The highest BCUT2D eigenvalue weighted by molar-refractivity contribution is 5.12. The lowest BCUT2D eigenvalue weighted by atomic mass is 10.1. The normalized spacial score (nSPS) is 12.4. The molecule has 0 aliphatic rings. The van der Waals surface area contributed by atoms with Crippen LogP contribution in [-0.4, -0.2) is 11.1 Å². The molecule has 0 saturated carbocycles. The Kier molecular flexibility index (Phi) is 5.20. The van der Waals surface area contributed by atoms with Crippen molar-refractivity contribution in [3.05, 3.63) is 41.7 Å². The third kappa shape index (κ3) is 4.15. The smallest absolute Gasteiger partial charge is 0.0784 e. The zero-order valence-corrected chi connectivity index (χ0v) is 10.5. The fourth-order valence-electron chi connectivity index (χ4n) is 1.51. The van der Waals surface area contributed by atoms with E-state index in [2.05, 4.69) is 24.6 Å². The molecule has 1 unspecified atom stereocenters. The van der Waals surface area contributed by atoms with E-state index in [-0.39, 0.29) is 6.10 Å². The molecule has 16 heavy (non-hydrogen) atoms. The number of hydrogen-bond donors (Lipinski definition) is 0. The van der Waals surface area contributed by atoms with E-state index in [4.69, 9.17) is 4.74 Å². The Morgan fingerprint density at radius 2 is 2.25 bits per heavy atom. The zero-order chi connectivity index (χ0) is 12.0. The van der Waals surface area contributed by atoms with E-state index in [0.717, 1.165) is 29.7 Å². The van der Waals surface area contributed by atoms with Crippen LogP contribution in [0.2, 0.25) is 0 Å². The van der Waals surface area contributed by atoms with Crippen LogP contribution in [0.5, 0.6) is 0 Å². The fourth-order valence-corrected chi connectivity index (χ4v) is 1.51. The summed E-state index contributed by atoms with van der Waals surface area (Å²) in [6.45, 7) is 10.7. The summed E-state index contributed by atoms with van der Waals surface area (Å²) < 4.78 is 5.83. The van der Waals surface area contributed by atoms with Gasteiger partial charge in [-0.25, -0.2) is 0 Å². The standard InChI is InChI=1S/C14H21NO/c1-5-6-14(11(2)3)16-10-13-8-7-12(4)15-9-13/h7-9,14H,2,5-6,10H2,1,3-4H3. The van der Waals surface area contributed by atoms with Gasteiger partial charge in [-0.1, -0.05) is 31.6 Å². The molecule has 1 heterocycles. The fraction of sp³-hybridized carbons (Fsp3) is 0.500. The number of hydrogen-bond acceptors (Lipinski definition) is 2. The molecule has 2 heteroatoms. The number of aromatic nitrogens is 1. The largest absolute Gasteiger partial charge is 0.369 e. The van der Waals surface area contributed by atoms with Gasteiger partial charge in [0, 0.05) is 11.9 Å². The second kappa shape index (κ2) is 6.44. The maximum absolute atomic E-state index is 5.83. The Labute approximate surface area is 98.4 Å². The van der Waals surface area contributed by atoms with E-state index in [1.165, 1.54) is 0 Å². The average molecular weight is 219 g/mol. The van der Waals surface area contributed by atoms with Gasteiger partial charge < -0.3 is 4.74 Å². The van der Waals surface area contributed by atoms with E-state index >= 15 is 0 Å². The summed E-state index contributed by atoms with van der Waals surface area (Å²) in [5, 5.41) is 0. The number of nitrogens with zero attached hydrogens (tertiary/aromatic N) is 1. The van der Waals surface area contributed by atoms with Gasteiger partial charge in [0.15, 0.2) is 0 Å². The van der Waals surface area contributed by atoms with Crippen molar-refractivity contribution in [2.24, 2.45) is 0 Å². The van der Waals surface area contributed by atoms with E-state index in [1.54, 1.807) is 0 Å². The molecular weight excluding hydrogens is 198 g/mol. The third-order valence-corrected chi connectivity index (χ3v) is 2.52. The predicted octanol–water partition coefficient (Wildman–Crippen LogP) is 3.65. The Balaban J connectivity index is 2.48. The summed E-state index contributed by atoms with van der Waals surface area (Å²) in [6.07, 6.45) is 4.20. The van der Waals surface area contributed by atoms with Gasteiger partial charge in [-0.2, -0.15) is 0 Å². The van der Waals surface area contributed by atoms with Crippen LogP contribution >= 0.6 is 0 Å². The molecule has 1 rings (SSSR count). The minimum absolute atomic E-state index is 0.173. The van der Waals surface area contributed by atoms with Gasteiger partial charge in [-0.05, 0) is 31.9 Å². The van der Waals surface area contributed by atoms with Gasteiger partial charge >= 0.3 is 0 Å². The van der Waals surface area contributed by atoms with E-state index in [9.17, 15) is 0 Å². The molecule has 0 N–H and O–H groups in total. The van der Waals surface area contributed by atoms with Gasteiger partial charge in [0.05, 0.1) is 12.7 Å². The van der Waals surface area contributed by atoms with Crippen molar-refractivity contribution in [1.82, 2.24) is 4.98 Å². The molecule has 0 aromatic carbocycles. The summed E-state index contributed by atoms with van der Waals surface area (Å²) in [6, 6.07) is 4.07. The zero-order valence-electron chi connectivity index (χ0n) is 10.5. The molecule has 0 aliphatic carbocycles. The molecule has 0 fully saturated rings. The first-order valence-electron chi connectivity index (χ1n) is 5.82. The summed E-state index contributed by atoms with van der Waals surface area (Å²) >= 11 is 0. The van der Waals surface area contributed by atoms with Crippen LogP contribution in [0, 0.1) is 6.92 Å². The van der Waals surface area contributed by atoms with Crippen molar-refractivity contribution in [3.8, 4) is 0 Å². The lowest BCUT2D eigenvalue weighted by molar-refractivity contribution is 0.0586. The van der Waals surface area contributed by atoms with Gasteiger partial charge in [0.2, 0.25) is 0 Å². The van der Waals surface area contributed by atoms with Crippen LogP contribution in [0.1, 0.15) is 37.9 Å². The van der Waals surface area contributed by atoms with Gasteiger partial charge in [0.25, 0.3) is 0 Å². The van der Waals surface area contributed by atoms with Crippen LogP contribution in [0.3, 0.4) is 0 Å². The molecule has 0 radical (unpaired) electrons. The van der Waals surface area contributed by atoms with E-state index < -0.39 is 0 Å². The predicted molar refractivity (Wildman–Crippen MR) is 67.3 cm³/mol. The van der Waals surface area contributed by atoms with Crippen LogP contribution < -0.4 is 0 Å². The number of aryl methyl sites for hydroxylation is 1. The van der Waals surface area contributed by atoms with Gasteiger partial charge in [0.1, 0.15) is 0 Å². The topological polar surface area (TPSA) is 22.1 Å². The average Bonchev–Trinajstić information content (AvgIpc) is 2.26. The molecule has 0 saturated heterocycles. The Hall–Kier alpha value is -1.15. The Morgan fingerprint density at radius 3 is 2.75 bits per heavy atom. The summed E-state index contributed by atoms with van der Waals surface area (Å²) in [5.41, 5.74) is 3.25. The summed E-state index contributed by atoms with van der Waals surface area (Å²) in [4.78, 5) is 4.25. The highest BCUT2D eigenvalue weighted by atomic mass is 16.5. The molecule has 0 spiro atoms. The minimum atomic E-state index is 0.173. The van der Waals surface area contributed by atoms with Crippen molar-refractivity contribution in [2.45, 2.75) is 46.3 Å². The monoisotopic (exact) mass is 219 g/mol. The number of pyridine rings is 1. The quantitative estimate of drug-likeness (QED) is 0.681. The van der Waals surface area contributed by atoms with Crippen LogP contribution in [0.4, 0.5) is 0 Å². The molecule has 88 valence electrons. The third-order valence-electron chi connectivity index (χ3n) is 2.52. The Bertz CT molecular complexity index is 329. The van der Waals surface area contributed by atoms with Crippen molar-refractivity contribution < 1.29 is 4.74 Å². The molecule has 0 aliphatic heterocycles. The first-order chi connectivity index (χ1) is 7.63. The van der Waals surface area contributed by atoms with Crippen molar-refractivity contribution in [2.75, 3.05) is 0 Å². The summed E-state index contributed by atoms with van der Waals surface area (Å²) in [5.74, 6) is 0. The van der Waals surface area contributed by atoms with Crippen LogP contribution in [0.25, 0.3) is 0 Å². The van der Waals surface area contributed by atoms with Crippen molar-refractivity contribution in [3.63, 3.8) is 0 Å². The summed E-state index contributed by atoms with van der Waals surface area (Å²) in [7, 11) is 0. The first-order valence-corrected chi connectivity index (χ1v) is 5.82. The number of rotatable bonds is 6. The van der Waals surface area contributed by atoms with E-state index in [0.29, 0.717) is 6.61 Å². The Morgan fingerprint density at radius 1 is 1.50 bits per heavy atom. The SMILES string of the molecule is C=C(C)C(CCC)OCc1ccc(C)nc1. The van der Waals surface area contributed by atoms with Gasteiger partial charge in [-0.15, -0.1) is 0 Å². The van der Waals surface area contributed by atoms with Crippen LogP contribution in [-0.2, 0) is 11.3 Å². The highest BCUT2D eigenvalue weighted by Gasteiger charge is 2.08. The molecular formula is C14H21NO. The van der Waals surface area contributed by atoms with Crippen LogP contribution in [0.15, 0.2) is 30.5 Å². The molecule has 0 bridgehead atoms. The molecule has 1 aromatic rings. The minimum Gasteiger partial charge on any atom is -0.369 e. The molecule has 2 nitrogen and oxygen atoms in total. The van der Waals surface area contributed by atoms with Crippen molar-refractivity contribution >= 4 is 0 Å². The lowest BCUT2D eigenvalue weighted by Crippen LogP contribution is -2.13. The molecule has 0 amide bonds. The van der Waals surface area contributed by atoms with Gasteiger partial charge in [-0.3, -0.25) is 4.98 Å².